The second-order valence-corrected chi connectivity index (χ2v) is 7.37. The fourth-order valence-corrected chi connectivity index (χ4v) is 3.78. The van der Waals surface area contributed by atoms with E-state index < -0.39 is 0 Å². The van der Waals surface area contributed by atoms with Crippen molar-refractivity contribution in [2.75, 3.05) is 47.0 Å². The number of nitrogens with one attached hydrogen (secondary N) is 1. The van der Waals surface area contributed by atoms with Crippen molar-refractivity contribution in [1.29, 1.82) is 0 Å². The summed E-state index contributed by atoms with van der Waals surface area (Å²) in [5.74, 6) is 1.49. The molecule has 0 saturated carbocycles. The highest BCUT2D eigenvalue weighted by Crippen LogP contribution is 2.44. The SMILES string of the molecule is COc1cc([C@H](N2CCNCC2)C(C)(C)CO)cc(OC)c1Br.Cl. The molecule has 138 valence electrons. The average molecular weight is 424 g/mol. The lowest BCUT2D eigenvalue weighted by Gasteiger charge is -2.43. The number of rotatable bonds is 6. The van der Waals surface area contributed by atoms with E-state index in [4.69, 9.17) is 9.47 Å². The van der Waals surface area contributed by atoms with Crippen molar-refractivity contribution >= 4 is 28.3 Å². The first-order valence-electron chi connectivity index (χ1n) is 7.91. The maximum absolute atomic E-state index is 9.95. The summed E-state index contributed by atoms with van der Waals surface area (Å²) in [5.41, 5.74) is 0.823. The van der Waals surface area contributed by atoms with E-state index in [9.17, 15) is 5.11 Å². The number of halogens is 2. The van der Waals surface area contributed by atoms with Gasteiger partial charge in [0, 0.05) is 44.2 Å². The molecule has 0 spiro atoms. The van der Waals surface area contributed by atoms with Crippen molar-refractivity contribution in [1.82, 2.24) is 10.2 Å². The second-order valence-electron chi connectivity index (χ2n) is 6.57. The van der Waals surface area contributed by atoms with Crippen LogP contribution in [0.2, 0.25) is 0 Å². The van der Waals surface area contributed by atoms with Crippen LogP contribution in [-0.4, -0.2) is 57.0 Å². The highest BCUT2D eigenvalue weighted by molar-refractivity contribution is 9.10. The predicted molar refractivity (Wildman–Crippen MR) is 103 cm³/mol. The third-order valence-electron chi connectivity index (χ3n) is 4.45. The third-order valence-corrected chi connectivity index (χ3v) is 5.23. The molecule has 0 aromatic heterocycles. The van der Waals surface area contributed by atoms with E-state index in [2.05, 4.69) is 40.0 Å². The van der Waals surface area contributed by atoms with Crippen LogP contribution in [0.5, 0.6) is 11.5 Å². The van der Waals surface area contributed by atoms with Crippen LogP contribution in [0, 0.1) is 5.41 Å². The molecule has 0 aliphatic carbocycles. The van der Waals surface area contributed by atoms with Crippen molar-refractivity contribution < 1.29 is 14.6 Å². The molecule has 1 aliphatic heterocycles. The number of methoxy groups -OCH3 is 2. The van der Waals surface area contributed by atoms with Gasteiger partial charge < -0.3 is 19.9 Å². The van der Waals surface area contributed by atoms with Crippen molar-refractivity contribution in [2.45, 2.75) is 19.9 Å². The van der Waals surface area contributed by atoms with Gasteiger partial charge >= 0.3 is 0 Å². The molecular weight excluding hydrogens is 396 g/mol. The van der Waals surface area contributed by atoms with E-state index in [1.54, 1.807) is 14.2 Å². The summed E-state index contributed by atoms with van der Waals surface area (Å²) in [4.78, 5) is 2.43. The molecule has 1 aliphatic rings. The summed E-state index contributed by atoms with van der Waals surface area (Å²) in [5, 5.41) is 13.3. The zero-order valence-corrected chi connectivity index (χ0v) is 17.2. The van der Waals surface area contributed by atoms with Crippen molar-refractivity contribution in [3.63, 3.8) is 0 Å². The van der Waals surface area contributed by atoms with E-state index in [-0.39, 0.29) is 30.5 Å². The monoisotopic (exact) mass is 422 g/mol. The topological polar surface area (TPSA) is 54.0 Å². The Kier molecular flexibility index (Phi) is 8.29. The smallest absolute Gasteiger partial charge is 0.137 e. The largest absolute Gasteiger partial charge is 0.495 e. The van der Waals surface area contributed by atoms with Gasteiger partial charge in [-0.25, -0.2) is 0 Å². The fraction of sp³-hybridized carbons (Fsp3) is 0.647. The van der Waals surface area contributed by atoms with Crippen LogP contribution in [-0.2, 0) is 0 Å². The number of piperazine rings is 1. The molecule has 1 heterocycles. The van der Waals surface area contributed by atoms with Crippen molar-refractivity contribution in [3.05, 3.63) is 22.2 Å². The van der Waals surface area contributed by atoms with Crippen LogP contribution in [0.3, 0.4) is 0 Å². The Morgan fingerprint density at radius 3 is 2.12 bits per heavy atom. The van der Waals surface area contributed by atoms with Gasteiger partial charge in [0.15, 0.2) is 0 Å². The first-order chi connectivity index (χ1) is 10.9. The standard InChI is InChI=1S/C17H27BrN2O3.ClH/c1-17(2,11-21)16(20-7-5-19-6-8-20)12-9-13(22-3)15(18)14(10-12)23-4;/h9-10,16,19,21H,5-8,11H2,1-4H3;1H/t16-;/m0./s1. The van der Waals surface area contributed by atoms with E-state index >= 15 is 0 Å². The van der Waals surface area contributed by atoms with Gasteiger partial charge in [-0.05, 0) is 33.6 Å². The Morgan fingerprint density at radius 2 is 1.71 bits per heavy atom. The Labute approximate surface area is 159 Å². The molecule has 1 fully saturated rings. The first kappa shape index (κ1) is 21.5. The molecule has 0 radical (unpaired) electrons. The molecule has 0 unspecified atom stereocenters. The summed E-state index contributed by atoms with van der Waals surface area (Å²) in [6, 6.07) is 4.17. The minimum Gasteiger partial charge on any atom is -0.495 e. The molecule has 1 saturated heterocycles. The van der Waals surface area contributed by atoms with E-state index in [1.165, 1.54) is 0 Å². The molecule has 2 rings (SSSR count). The Morgan fingerprint density at radius 1 is 1.21 bits per heavy atom. The van der Waals surface area contributed by atoms with Crippen LogP contribution < -0.4 is 14.8 Å². The Bertz CT molecular complexity index is 512. The zero-order chi connectivity index (χ0) is 17.0. The molecule has 1 aromatic rings. The van der Waals surface area contributed by atoms with Crippen LogP contribution in [0.4, 0.5) is 0 Å². The van der Waals surface area contributed by atoms with Crippen LogP contribution >= 0.6 is 28.3 Å². The quantitative estimate of drug-likeness (QED) is 0.737. The van der Waals surface area contributed by atoms with Crippen molar-refractivity contribution in [2.24, 2.45) is 5.41 Å². The predicted octanol–water partition coefficient (Wildman–Crippen LogP) is 2.85. The number of aliphatic hydroxyl groups is 1. The molecule has 7 heteroatoms. The minimum atomic E-state index is -0.277. The normalized spacial score (nSPS) is 17.1. The maximum atomic E-state index is 9.95. The molecule has 5 nitrogen and oxygen atoms in total. The number of hydrogen-bond acceptors (Lipinski definition) is 5. The van der Waals surface area contributed by atoms with Crippen molar-refractivity contribution in [3.8, 4) is 11.5 Å². The lowest BCUT2D eigenvalue weighted by molar-refractivity contribution is 0.0303. The number of ether oxygens (including phenoxy) is 2. The average Bonchev–Trinajstić information content (AvgIpc) is 2.57. The first-order valence-corrected chi connectivity index (χ1v) is 8.71. The highest BCUT2D eigenvalue weighted by atomic mass is 79.9. The van der Waals surface area contributed by atoms with Crippen LogP contribution in [0.15, 0.2) is 16.6 Å². The summed E-state index contributed by atoms with van der Waals surface area (Å²) < 4.78 is 11.8. The van der Waals surface area contributed by atoms with Gasteiger partial charge in [0.05, 0.1) is 14.2 Å². The Hall–Kier alpha value is -0.530. The van der Waals surface area contributed by atoms with E-state index in [1.807, 2.05) is 12.1 Å². The van der Waals surface area contributed by atoms with Gasteiger partial charge in [-0.15, -0.1) is 12.4 Å². The Balaban J connectivity index is 0.00000288. The zero-order valence-electron chi connectivity index (χ0n) is 14.8. The highest BCUT2D eigenvalue weighted by Gasteiger charge is 2.36. The van der Waals surface area contributed by atoms with E-state index in [0.29, 0.717) is 0 Å². The fourth-order valence-electron chi connectivity index (χ4n) is 3.23. The lowest BCUT2D eigenvalue weighted by atomic mass is 9.79. The number of nitrogens with zero attached hydrogens (tertiary/aromatic N) is 1. The molecule has 1 atom stereocenters. The maximum Gasteiger partial charge on any atom is 0.137 e. The van der Waals surface area contributed by atoms with Gasteiger partial charge in [-0.1, -0.05) is 13.8 Å². The summed E-state index contributed by atoms with van der Waals surface area (Å²) in [6.45, 7) is 8.14. The second kappa shape index (κ2) is 9.25. The van der Waals surface area contributed by atoms with Crippen LogP contribution in [0.1, 0.15) is 25.5 Å². The minimum absolute atomic E-state index is 0. The summed E-state index contributed by atoms with van der Waals surface area (Å²) in [7, 11) is 3.31. The summed E-state index contributed by atoms with van der Waals surface area (Å²) in [6.07, 6.45) is 0. The number of aliphatic hydroxyl groups excluding tert-OH is 1. The molecule has 0 amide bonds. The third kappa shape index (κ3) is 4.55. The molecule has 2 N–H and O–H groups in total. The van der Waals surface area contributed by atoms with Gasteiger partial charge in [0.1, 0.15) is 16.0 Å². The van der Waals surface area contributed by atoms with Gasteiger partial charge in [0.25, 0.3) is 0 Å². The molecule has 24 heavy (non-hydrogen) atoms. The molecule has 0 bridgehead atoms. The van der Waals surface area contributed by atoms with Gasteiger partial charge in [-0.3, -0.25) is 4.90 Å². The molecule has 1 aromatic carbocycles. The lowest BCUT2D eigenvalue weighted by Crippen LogP contribution is -2.49. The number of benzene rings is 1. The van der Waals surface area contributed by atoms with E-state index in [0.717, 1.165) is 47.7 Å². The summed E-state index contributed by atoms with van der Waals surface area (Å²) >= 11 is 3.53. The number of hydrogen-bond donors (Lipinski definition) is 2. The van der Waals surface area contributed by atoms with Gasteiger partial charge in [-0.2, -0.15) is 0 Å². The van der Waals surface area contributed by atoms with Gasteiger partial charge in [0.2, 0.25) is 0 Å². The van der Waals surface area contributed by atoms with Crippen LogP contribution in [0.25, 0.3) is 0 Å². The molecular formula is C17H28BrClN2O3.